The van der Waals surface area contributed by atoms with Gasteiger partial charge in [0.1, 0.15) is 5.76 Å². The molecule has 0 radical (unpaired) electrons. The average molecular weight is 286 g/mol. The van der Waals surface area contributed by atoms with Crippen LogP contribution in [0.5, 0.6) is 0 Å². The summed E-state index contributed by atoms with van der Waals surface area (Å²) in [5.41, 5.74) is 3.93. The summed E-state index contributed by atoms with van der Waals surface area (Å²) in [6.07, 6.45) is 1.76. The second kappa shape index (κ2) is 6.35. The van der Waals surface area contributed by atoms with Gasteiger partial charge in [-0.25, -0.2) is 0 Å². The molecule has 0 amide bonds. The van der Waals surface area contributed by atoms with Crippen LogP contribution in [-0.4, -0.2) is 12.6 Å². The van der Waals surface area contributed by atoms with Crippen molar-refractivity contribution in [1.82, 2.24) is 5.32 Å². The highest BCUT2D eigenvalue weighted by molar-refractivity contribution is 5.53. The van der Waals surface area contributed by atoms with E-state index in [4.69, 9.17) is 4.42 Å². The molecule has 1 N–H and O–H groups in total. The molecule has 0 unspecified atom stereocenters. The molecule has 0 aliphatic heterocycles. The Morgan fingerprint density at radius 3 is 2.43 bits per heavy atom. The van der Waals surface area contributed by atoms with Crippen LogP contribution in [0.2, 0.25) is 0 Å². The number of para-hydroxylation sites is 1. The zero-order valence-electron chi connectivity index (χ0n) is 13.7. The molecule has 0 saturated heterocycles. The Morgan fingerprint density at radius 2 is 1.81 bits per heavy atom. The van der Waals surface area contributed by atoms with Crippen molar-refractivity contribution in [1.29, 1.82) is 0 Å². The second-order valence-electron chi connectivity index (χ2n) is 6.59. The van der Waals surface area contributed by atoms with E-state index >= 15 is 0 Å². The lowest BCUT2D eigenvalue weighted by atomic mass is 10.1. The SMILES string of the molecule is Cc1occc1CN(C)c1ccccc1CNC(C)(C)C. The number of benzene rings is 1. The van der Waals surface area contributed by atoms with Gasteiger partial charge >= 0.3 is 0 Å². The van der Waals surface area contributed by atoms with Gasteiger partial charge in [-0.3, -0.25) is 0 Å². The van der Waals surface area contributed by atoms with E-state index < -0.39 is 0 Å². The predicted molar refractivity (Wildman–Crippen MR) is 88.6 cm³/mol. The van der Waals surface area contributed by atoms with Crippen molar-refractivity contribution in [2.24, 2.45) is 0 Å². The molecule has 3 heteroatoms. The van der Waals surface area contributed by atoms with Gasteiger partial charge < -0.3 is 14.6 Å². The molecule has 0 fully saturated rings. The zero-order chi connectivity index (χ0) is 15.5. The number of anilines is 1. The summed E-state index contributed by atoms with van der Waals surface area (Å²) in [5, 5.41) is 3.56. The number of furan rings is 1. The molecule has 2 aromatic rings. The van der Waals surface area contributed by atoms with E-state index in [0.29, 0.717) is 0 Å². The molecule has 0 aliphatic rings. The number of hydrogen-bond donors (Lipinski definition) is 1. The van der Waals surface area contributed by atoms with Crippen LogP contribution >= 0.6 is 0 Å². The molecule has 3 nitrogen and oxygen atoms in total. The van der Waals surface area contributed by atoms with Gasteiger partial charge in [-0.05, 0) is 45.4 Å². The number of rotatable bonds is 5. The fourth-order valence-corrected chi connectivity index (χ4v) is 2.31. The molecule has 0 aliphatic carbocycles. The van der Waals surface area contributed by atoms with E-state index in [1.165, 1.54) is 16.8 Å². The fourth-order valence-electron chi connectivity index (χ4n) is 2.31. The first-order chi connectivity index (χ1) is 9.87. The molecule has 0 bridgehead atoms. The maximum Gasteiger partial charge on any atom is 0.105 e. The van der Waals surface area contributed by atoms with Gasteiger partial charge in [0, 0.05) is 36.9 Å². The molecule has 21 heavy (non-hydrogen) atoms. The Bertz CT molecular complexity index is 581. The van der Waals surface area contributed by atoms with Crippen LogP contribution in [0.25, 0.3) is 0 Å². The third-order valence-electron chi connectivity index (χ3n) is 3.59. The topological polar surface area (TPSA) is 28.4 Å². The Kier molecular flexibility index (Phi) is 4.73. The molecule has 2 rings (SSSR count). The zero-order valence-corrected chi connectivity index (χ0v) is 13.7. The van der Waals surface area contributed by atoms with E-state index in [1.807, 2.05) is 13.0 Å². The van der Waals surface area contributed by atoms with Crippen LogP contribution in [0.3, 0.4) is 0 Å². The van der Waals surface area contributed by atoms with Gasteiger partial charge in [-0.2, -0.15) is 0 Å². The van der Waals surface area contributed by atoms with Crippen molar-refractivity contribution < 1.29 is 4.42 Å². The van der Waals surface area contributed by atoms with Crippen LogP contribution in [0, 0.1) is 6.92 Å². The monoisotopic (exact) mass is 286 g/mol. The Hall–Kier alpha value is -1.74. The van der Waals surface area contributed by atoms with Crippen molar-refractivity contribution in [3.05, 3.63) is 53.5 Å². The first-order valence-corrected chi connectivity index (χ1v) is 7.44. The van der Waals surface area contributed by atoms with Crippen LogP contribution in [-0.2, 0) is 13.1 Å². The molecule has 1 aromatic carbocycles. The maximum atomic E-state index is 5.38. The first kappa shape index (κ1) is 15.6. The standard InChI is InChI=1S/C18H26N2O/c1-14-16(10-11-21-14)13-20(5)17-9-7-6-8-15(17)12-19-18(2,3)4/h6-11,19H,12-13H2,1-5H3. The van der Waals surface area contributed by atoms with Crippen LogP contribution < -0.4 is 10.2 Å². The van der Waals surface area contributed by atoms with Crippen molar-refractivity contribution in [3.63, 3.8) is 0 Å². The van der Waals surface area contributed by atoms with Crippen molar-refractivity contribution >= 4 is 5.69 Å². The number of nitrogens with zero attached hydrogens (tertiary/aromatic N) is 1. The molecule has 114 valence electrons. The summed E-state index contributed by atoms with van der Waals surface area (Å²) < 4.78 is 5.38. The van der Waals surface area contributed by atoms with Crippen LogP contribution in [0.1, 0.15) is 37.7 Å². The quantitative estimate of drug-likeness (QED) is 0.896. The molecular formula is C18H26N2O. The van der Waals surface area contributed by atoms with Crippen LogP contribution in [0.15, 0.2) is 41.0 Å². The third kappa shape index (κ3) is 4.36. The van der Waals surface area contributed by atoms with Crippen LogP contribution in [0.4, 0.5) is 5.69 Å². The highest BCUT2D eigenvalue weighted by atomic mass is 16.3. The van der Waals surface area contributed by atoms with Gasteiger partial charge in [-0.1, -0.05) is 18.2 Å². The minimum Gasteiger partial charge on any atom is -0.469 e. The summed E-state index contributed by atoms with van der Waals surface area (Å²) >= 11 is 0. The Morgan fingerprint density at radius 1 is 1.10 bits per heavy atom. The lowest BCUT2D eigenvalue weighted by Crippen LogP contribution is -2.35. The van der Waals surface area contributed by atoms with Gasteiger partial charge in [0.15, 0.2) is 0 Å². The number of hydrogen-bond acceptors (Lipinski definition) is 3. The summed E-state index contributed by atoms with van der Waals surface area (Å²) in [6, 6.07) is 10.6. The Balaban J connectivity index is 2.13. The highest BCUT2D eigenvalue weighted by Crippen LogP contribution is 2.22. The molecule has 1 aromatic heterocycles. The average Bonchev–Trinajstić information content (AvgIpc) is 2.81. The summed E-state index contributed by atoms with van der Waals surface area (Å²) in [6.45, 7) is 10.3. The number of nitrogens with one attached hydrogen (secondary N) is 1. The van der Waals surface area contributed by atoms with E-state index in [-0.39, 0.29) is 5.54 Å². The molecule has 0 atom stereocenters. The van der Waals surface area contributed by atoms with Gasteiger partial charge in [-0.15, -0.1) is 0 Å². The minimum absolute atomic E-state index is 0.118. The lowest BCUT2D eigenvalue weighted by Gasteiger charge is -2.25. The van der Waals surface area contributed by atoms with Crippen molar-refractivity contribution in [2.75, 3.05) is 11.9 Å². The summed E-state index contributed by atoms with van der Waals surface area (Å²) in [4.78, 5) is 2.28. The smallest absolute Gasteiger partial charge is 0.105 e. The van der Waals surface area contributed by atoms with Gasteiger partial charge in [0.25, 0.3) is 0 Å². The predicted octanol–water partition coefficient (Wildman–Crippen LogP) is 4.11. The first-order valence-electron chi connectivity index (χ1n) is 7.44. The normalized spacial score (nSPS) is 11.7. The fraction of sp³-hybridized carbons (Fsp3) is 0.444. The lowest BCUT2D eigenvalue weighted by molar-refractivity contribution is 0.424. The summed E-state index contributed by atoms with van der Waals surface area (Å²) in [7, 11) is 2.13. The van der Waals surface area contributed by atoms with E-state index in [2.05, 4.69) is 62.3 Å². The molecule has 1 heterocycles. The third-order valence-corrected chi connectivity index (χ3v) is 3.59. The van der Waals surface area contributed by atoms with Crippen molar-refractivity contribution in [3.8, 4) is 0 Å². The summed E-state index contributed by atoms with van der Waals surface area (Å²) in [5.74, 6) is 0.993. The number of aryl methyl sites for hydroxylation is 1. The van der Waals surface area contributed by atoms with Crippen molar-refractivity contribution in [2.45, 2.75) is 46.3 Å². The van der Waals surface area contributed by atoms with Gasteiger partial charge in [0.05, 0.1) is 6.26 Å². The van der Waals surface area contributed by atoms with E-state index in [1.54, 1.807) is 6.26 Å². The second-order valence-corrected chi connectivity index (χ2v) is 6.59. The van der Waals surface area contributed by atoms with E-state index in [0.717, 1.165) is 18.8 Å². The molecule has 0 spiro atoms. The van der Waals surface area contributed by atoms with Gasteiger partial charge in [0.2, 0.25) is 0 Å². The minimum atomic E-state index is 0.118. The largest absolute Gasteiger partial charge is 0.469 e. The maximum absolute atomic E-state index is 5.38. The molecule has 0 saturated carbocycles. The van der Waals surface area contributed by atoms with E-state index in [9.17, 15) is 0 Å². The Labute approximate surface area is 128 Å². The highest BCUT2D eigenvalue weighted by Gasteiger charge is 2.13. The molecular weight excluding hydrogens is 260 g/mol.